The second kappa shape index (κ2) is 8.12. The maximum absolute atomic E-state index is 12.0. The zero-order valence-corrected chi connectivity index (χ0v) is 15.4. The van der Waals surface area contributed by atoms with Crippen molar-refractivity contribution in [1.82, 2.24) is 4.98 Å². The highest BCUT2D eigenvalue weighted by atomic mass is 35.5. The maximum atomic E-state index is 12.0. The molecule has 0 radical (unpaired) electrons. The number of ether oxygens (including phenoxy) is 1. The fourth-order valence-electron chi connectivity index (χ4n) is 2.30. The monoisotopic (exact) mass is 386 g/mol. The zero-order chi connectivity index (χ0) is 18.5. The molecule has 0 spiro atoms. The largest absolute Gasteiger partial charge is 0.452 e. The number of esters is 1. The third kappa shape index (κ3) is 4.28. The molecule has 7 heteroatoms. The summed E-state index contributed by atoms with van der Waals surface area (Å²) >= 11 is 7.30. The molecule has 0 bridgehead atoms. The van der Waals surface area contributed by atoms with E-state index in [0.29, 0.717) is 5.13 Å². The second-order valence-electron chi connectivity index (χ2n) is 5.39. The molecule has 0 aliphatic heterocycles. The predicted octanol–water partition coefficient (Wildman–Crippen LogP) is 4.57. The van der Waals surface area contributed by atoms with Crippen LogP contribution in [0.5, 0.6) is 0 Å². The fraction of sp³-hybridized carbons (Fsp3) is 0.105. The maximum Gasteiger partial charge on any atom is 0.340 e. The summed E-state index contributed by atoms with van der Waals surface area (Å²) < 4.78 is 5.01. The first-order chi connectivity index (χ1) is 12.5. The normalized spacial score (nSPS) is 10.4. The Morgan fingerprint density at radius 2 is 1.81 bits per heavy atom. The molecule has 0 unspecified atom stereocenters. The van der Waals surface area contributed by atoms with E-state index in [1.54, 1.807) is 24.3 Å². The van der Waals surface area contributed by atoms with Crippen LogP contribution in [0.4, 0.5) is 5.13 Å². The molecule has 0 atom stereocenters. The van der Waals surface area contributed by atoms with E-state index in [1.165, 1.54) is 11.3 Å². The van der Waals surface area contributed by atoms with Crippen LogP contribution in [0, 0.1) is 6.92 Å². The summed E-state index contributed by atoms with van der Waals surface area (Å²) in [5, 5.41) is 3.39. The summed E-state index contributed by atoms with van der Waals surface area (Å²) in [5.74, 6) is -1.11. The Morgan fingerprint density at radius 3 is 2.54 bits per heavy atom. The lowest BCUT2D eigenvalue weighted by Crippen LogP contribution is -2.21. The van der Waals surface area contributed by atoms with E-state index in [9.17, 15) is 9.59 Å². The number of carbonyl (C=O) groups is 2. The van der Waals surface area contributed by atoms with Gasteiger partial charge in [0.2, 0.25) is 0 Å². The van der Waals surface area contributed by atoms with Crippen molar-refractivity contribution in [1.29, 1.82) is 0 Å². The van der Waals surface area contributed by atoms with Crippen molar-refractivity contribution in [3.05, 3.63) is 70.1 Å². The van der Waals surface area contributed by atoms with E-state index >= 15 is 0 Å². The van der Waals surface area contributed by atoms with Crippen LogP contribution in [0.25, 0.3) is 11.3 Å². The molecule has 3 aromatic rings. The molecule has 0 aliphatic rings. The molecule has 1 amide bonds. The molecular formula is C19H15ClN2O3S. The lowest BCUT2D eigenvalue weighted by atomic mass is 10.1. The Hall–Kier alpha value is -2.70. The summed E-state index contributed by atoms with van der Waals surface area (Å²) in [6.45, 7) is 1.52. The van der Waals surface area contributed by atoms with E-state index in [1.807, 2.05) is 37.3 Å². The predicted molar refractivity (Wildman–Crippen MR) is 103 cm³/mol. The van der Waals surface area contributed by atoms with Gasteiger partial charge in [-0.05, 0) is 19.1 Å². The van der Waals surface area contributed by atoms with Crippen molar-refractivity contribution < 1.29 is 14.3 Å². The number of aromatic nitrogens is 1. The quantitative estimate of drug-likeness (QED) is 0.652. The van der Waals surface area contributed by atoms with Gasteiger partial charge in [-0.15, -0.1) is 11.3 Å². The molecular weight excluding hydrogens is 372 g/mol. The van der Waals surface area contributed by atoms with E-state index in [0.717, 1.165) is 16.1 Å². The summed E-state index contributed by atoms with van der Waals surface area (Å²) in [4.78, 5) is 29.4. The zero-order valence-electron chi connectivity index (χ0n) is 13.9. The first-order valence-corrected chi connectivity index (χ1v) is 8.98. The molecule has 1 heterocycles. The third-order valence-corrected chi connectivity index (χ3v) is 4.73. The van der Waals surface area contributed by atoms with Crippen molar-refractivity contribution in [2.45, 2.75) is 6.92 Å². The smallest absolute Gasteiger partial charge is 0.340 e. The molecule has 5 nitrogen and oxygen atoms in total. The van der Waals surface area contributed by atoms with Crippen molar-refractivity contribution >= 4 is 39.9 Å². The number of aryl methyl sites for hydroxylation is 1. The van der Waals surface area contributed by atoms with Gasteiger partial charge in [-0.1, -0.05) is 54.1 Å². The van der Waals surface area contributed by atoms with Gasteiger partial charge in [-0.3, -0.25) is 10.1 Å². The average Bonchev–Trinajstić information content (AvgIpc) is 3.01. The molecule has 26 heavy (non-hydrogen) atoms. The summed E-state index contributed by atoms with van der Waals surface area (Å²) in [6, 6.07) is 16.2. The Balaban J connectivity index is 1.61. The number of nitrogens with one attached hydrogen (secondary N) is 1. The number of hydrogen-bond acceptors (Lipinski definition) is 5. The van der Waals surface area contributed by atoms with Crippen LogP contribution in [-0.2, 0) is 9.53 Å². The van der Waals surface area contributed by atoms with E-state index < -0.39 is 18.5 Å². The number of halogens is 1. The minimum absolute atomic E-state index is 0.221. The van der Waals surface area contributed by atoms with Crippen molar-refractivity contribution in [3.8, 4) is 11.3 Å². The summed E-state index contributed by atoms with van der Waals surface area (Å²) in [5.41, 5.74) is 2.02. The highest BCUT2D eigenvalue weighted by molar-refractivity contribution is 7.16. The molecule has 1 aromatic heterocycles. The number of nitrogens with zero attached hydrogens (tertiary/aromatic N) is 1. The van der Waals surface area contributed by atoms with Gasteiger partial charge < -0.3 is 4.74 Å². The van der Waals surface area contributed by atoms with Crippen molar-refractivity contribution in [3.63, 3.8) is 0 Å². The van der Waals surface area contributed by atoms with Gasteiger partial charge in [0.1, 0.15) is 0 Å². The highest BCUT2D eigenvalue weighted by Gasteiger charge is 2.15. The number of carbonyl (C=O) groups excluding carboxylic acids is 2. The van der Waals surface area contributed by atoms with Gasteiger partial charge >= 0.3 is 5.97 Å². The van der Waals surface area contributed by atoms with Gasteiger partial charge in [0.15, 0.2) is 11.7 Å². The minimum Gasteiger partial charge on any atom is -0.452 e. The third-order valence-electron chi connectivity index (χ3n) is 3.52. The SMILES string of the molecule is Cc1sc(NC(=O)COC(=O)c2ccccc2Cl)nc1-c1ccccc1. The molecule has 0 aliphatic carbocycles. The summed E-state index contributed by atoms with van der Waals surface area (Å²) in [6.07, 6.45) is 0. The van der Waals surface area contributed by atoms with Crippen LogP contribution in [0.1, 0.15) is 15.2 Å². The number of amides is 1. The Labute approximate surface area is 159 Å². The van der Waals surface area contributed by atoms with Crippen LogP contribution in [0.2, 0.25) is 5.02 Å². The number of thiazole rings is 1. The van der Waals surface area contributed by atoms with Gasteiger partial charge in [0.05, 0.1) is 16.3 Å². The fourth-order valence-corrected chi connectivity index (χ4v) is 3.37. The molecule has 132 valence electrons. The number of hydrogen-bond donors (Lipinski definition) is 1. The lowest BCUT2D eigenvalue weighted by molar-refractivity contribution is -0.119. The number of benzene rings is 2. The van der Waals surface area contributed by atoms with Gasteiger partial charge in [-0.25, -0.2) is 9.78 Å². The lowest BCUT2D eigenvalue weighted by Gasteiger charge is -2.05. The Bertz CT molecular complexity index is 941. The topological polar surface area (TPSA) is 68.3 Å². The number of anilines is 1. The second-order valence-corrected chi connectivity index (χ2v) is 7.00. The molecule has 2 aromatic carbocycles. The Kier molecular flexibility index (Phi) is 5.65. The van der Waals surface area contributed by atoms with E-state index in [4.69, 9.17) is 16.3 Å². The van der Waals surface area contributed by atoms with Crippen LogP contribution in [-0.4, -0.2) is 23.5 Å². The van der Waals surface area contributed by atoms with Crippen molar-refractivity contribution in [2.24, 2.45) is 0 Å². The van der Waals surface area contributed by atoms with Gasteiger partial charge in [0, 0.05) is 10.4 Å². The first-order valence-electron chi connectivity index (χ1n) is 7.79. The molecule has 0 fully saturated rings. The molecule has 3 rings (SSSR count). The average molecular weight is 387 g/mol. The van der Waals surface area contributed by atoms with Gasteiger partial charge in [0.25, 0.3) is 5.91 Å². The molecule has 1 N–H and O–H groups in total. The van der Waals surface area contributed by atoms with Crippen LogP contribution in [0.15, 0.2) is 54.6 Å². The standard InChI is InChI=1S/C19H15ClN2O3S/c1-12-17(13-7-3-2-4-8-13)22-19(26-12)21-16(23)11-25-18(24)14-9-5-6-10-15(14)20/h2-10H,11H2,1H3,(H,21,22,23). The Morgan fingerprint density at radius 1 is 1.12 bits per heavy atom. The van der Waals surface area contributed by atoms with E-state index in [-0.39, 0.29) is 10.6 Å². The van der Waals surface area contributed by atoms with Crippen LogP contribution < -0.4 is 5.32 Å². The molecule has 0 saturated carbocycles. The molecule has 0 saturated heterocycles. The van der Waals surface area contributed by atoms with Crippen molar-refractivity contribution in [2.75, 3.05) is 11.9 Å². The first kappa shape index (κ1) is 18.1. The highest BCUT2D eigenvalue weighted by Crippen LogP contribution is 2.30. The number of rotatable bonds is 5. The van der Waals surface area contributed by atoms with Gasteiger partial charge in [-0.2, -0.15) is 0 Å². The van der Waals surface area contributed by atoms with Crippen LogP contribution >= 0.6 is 22.9 Å². The summed E-state index contributed by atoms with van der Waals surface area (Å²) in [7, 11) is 0. The van der Waals surface area contributed by atoms with Crippen LogP contribution in [0.3, 0.4) is 0 Å². The van der Waals surface area contributed by atoms with E-state index in [2.05, 4.69) is 10.3 Å². The minimum atomic E-state index is -0.647.